The molecular weight excluding hydrogens is 434 g/mol. The van der Waals surface area contributed by atoms with Crippen LogP contribution in [-0.4, -0.2) is 37.9 Å². The standard InChI is InChI=1S/C27H26ClN3O2/c28-24-9-5-4-8-21(24)27(33)23-17-26(32)31(18-19-6-2-1-3-7-19)25-11-10-20(16-22(23)25)30-14-12-29-13-15-30/h1-11,16,23,29H,12-15,17-18H2. The van der Waals surface area contributed by atoms with E-state index < -0.39 is 5.92 Å². The number of hydrogen-bond acceptors (Lipinski definition) is 4. The van der Waals surface area contributed by atoms with Crippen molar-refractivity contribution in [2.24, 2.45) is 0 Å². The predicted octanol–water partition coefficient (Wildman–Crippen LogP) is 4.65. The number of piperazine rings is 1. The van der Waals surface area contributed by atoms with E-state index in [4.69, 9.17) is 11.6 Å². The Bertz CT molecular complexity index is 1170. The van der Waals surface area contributed by atoms with Crippen LogP contribution in [0.15, 0.2) is 72.8 Å². The van der Waals surface area contributed by atoms with Gasteiger partial charge in [0.1, 0.15) is 0 Å². The molecule has 3 aromatic carbocycles. The number of ketones is 1. The molecule has 0 aliphatic carbocycles. The van der Waals surface area contributed by atoms with Crippen LogP contribution in [0, 0.1) is 0 Å². The Balaban J connectivity index is 1.56. The molecule has 6 heteroatoms. The Morgan fingerprint density at radius 2 is 1.70 bits per heavy atom. The van der Waals surface area contributed by atoms with E-state index in [1.54, 1.807) is 12.1 Å². The Morgan fingerprint density at radius 1 is 0.970 bits per heavy atom. The summed E-state index contributed by atoms with van der Waals surface area (Å²) in [5.74, 6) is -0.707. The van der Waals surface area contributed by atoms with Crippen LogP contribution >= 0.6 is 11.6 Å². The first-order valence-electron chi connectivity index (χ1n) is 11.3. The van der Waals surface area contributed by atoms with Crippen LogP contribution in [0.4, 0.5) is 11.4 Å². The zero-order chi connectivity index (χ0) is 22.8. The maximum absolute atomic E-state index is 13.6. The molecule has 5 rings (SSSR count). The highest BCUT2D eigenvalue weighted by Gasteiger charge is 2.36. The summed E-state index contributed by atoms with van der Waals surface area (Å²) in [7, 11) is 0. The first-order chi connectivity index (χ1) is 16.1. The van der Waals surface area contributed by atoms with Crippen LogP contribution in [-0.2, 0) is 11.3 Å². The largest absolute Gasteiger partial charge is 0.369 e. The minimum atomic E-state index is -0.553. The zero-order valence-corrected chi connectivity index (χ0v) is 19.1. The third-order valence-electron chi connectivity index (χ3n) is 6.48. The lowest BCUT2D eigenvalue weighted by Crippen LogP contribution is -2.44. The summed E-state index contributed by atoms with van der Waals surface area (Å²) in [4.78, 5) is 31.0. The average molecular weight is 460 g/mol. The second kappa shape index (κ2) is 9.38. The number of hydrogen-bond donors (Lipinski definition) is 1. The summed E-state index contributed by atoms with van der Waals surface area (Å²) in [6, 6.07) is 23.2. The molecule has 2 heterocycles. The molecule has 1 unspecified atom stereocenters. The van der Waals surface area contributed by atoms with E-state index in [0.717, 1.165) is 48.7 Å². The molecular formula is C27H26ClN3O2. The quantitative estimate of drug-likeness (QED) is 0.564. The number of fused-ring (bicyclic) bond motifs is 1. The first kappa shape index (κ1) is 21.7. The summed E-state index contributed by atoms with van der Waals surface area (Å²) in [5, 5.41) is 3.80. The fraction of sp³-hybridized carbons (Fsp3) is 0.259. The maximum atomic E-state index is 13.6. The van der Waals surface area contributed by atoms with Gasteiger partial charge in [0.2, 0.25) is 5.91 Å². The number of Topliss-reactive ketones (excluding diaryl/α,β-unsaturated/α-hetero) is 1. The number of nitrogens with zero attached hydrogens (tertiary/aromatic N) is 2. The fourth-order valence-electron chi connectivity index (χ4n) is 4.74. The van der Waals surface area contributed by atoms with Crippen molar-refractivity contribution in [2.75, 3.05) is 36.0 Å². The van der Waals surface area contributed by atoms with Gasteiger partial charge in [0.25, 0.3) is 0 Å². The van der Waals surface area contributed by atoms with Crippen LogP contribution in [0.3, 0.4) is 0 Å². The smallest absolute Gasteiger partial charge is 0.228 e. The summed E-state index contributed by atoms with van der Waals surface area (Å²) < 4.78 is 0. The van der Waals surface area contributed by atoms with E-state index in [2.05, 4.69) is 22.3 Å². The van der Waals surface area contributed by atoms with Gasteiger partial charge in [-0.2, -0.15) is 0 Å². The minimum Gasteiger partial charge on any atom is -0.369 e. The SMILES string of the molecule is O=C(c1ccccc1Cl)C1CC(=O)N(Cc2ccccc2)c2ccc(N3CCNCC3)cc21. The number of nitrogens with one attached hydrogen (secondary N) is 1. The third kappa shape index (κ3) is 4.39. The second-order valence-corrected chi connectivity index (χ2v) is 8.95. The number of carbonyl (C=O) groups is 2. The minimum absolute atomic E-state index is 0.0494. The Hall–Kier alpha value is -3.15. The summed E-state index contributed by atoms with van der Waals surface area (Å²) in [6.07, 6.45) is 0.134. The lowest BCUT2D eigenvalue weighted by Gasteiger charge is -2.36. The number of benzene rings is 3. The van der Waals surface area contributed by atoms with Crippen molar-refractivity contribution in [3.05, 3.63) is 94.5 Å². The van der Waals surface area contributed by atoms with Crippen molar-refractivity contribution < 1.29 is 9.59 Å². The molecule has 3 aromatic rings. The molecule has 0 radical (unpaired) electrons. The van der Waals surface area contributed by atoms with Crippen LogP contribution in [0.5, 0.6) is 0 Å². The molecule has 1 amide bonds. The highest BCUT2D eigenvalue weighted by Crippen LogP contribution is 2.41. The lowest BCUT2D eigenvalue weighted by molar-refractivity contribution is -0.119. The maximum Gasteiger partial charge on any atom is 0.228 e. The van der Waals surface area contributed by atoms with Crippen molar-refractivity contribution in [2.45, 2.75) is 18.9 Å². The molecule has 1 saturated heterocycles. The molecule has 33 heavy (non-hydrogen) atoms. The molecule has 0 aromatic heterocycles. The highest BCUT2D eigenvalue weighted by atomic mass is 35.5. The van der Waals surface area contributed by atoms with Gasteiger partial charge in [-0.25, -0.2) is 0 Å². The van der Waals surface area contributed by atoms with Gasteiger partial charge in [-0.15, -0.1) is 0 Å². The van der Waals surface area contributed by atoms with Gasteiger partial charge in [0, 0.05) is 49.5 Å². The Kier molecular flexibility index (Phi) is 6.16. The van der Waals surface area contributed by atoms with Gasteiger partial charge in [0.05, 0.1) is 17.5 Å². The number of halogens is 1. The Morgan fingerprint density at radius 3 is 2.45 bits per heavy atom. The second-order valence-electron chi connectivity index (χ2n) is 8.55. The van der Waals surface area contributed by atoms with Gasteiger partial charge >= 0.3 is 0 Å². The van der Waals surface area contributed by atoms with Crippen LogP contribution in [0.25, 0.3) is 0 Å². The predicted molar refractivity (Wildman–Crippen MR) is 132 cm³/mol. The Labute approximate surface area is 199 Å². The zero-order valence-electron chi connectivity index (χ0n) is 18.3. The molecule has 1 atom stereocenters. The van der Waals surface area contributed by atoms with Crippen molar-refractivity contribution in [1.29, 1.82) is 0 Å². The van der Waals surface area contributed by atoms with Crippen LogP contribution in [0.1, 0.15) is 33.8 Å². The van der Waals surface area contributed by atoms with E-state index >= 15 is 0 Å². The van der Waals surface area contributed by atoms with Gasteiger partial charge in [-0.05, 0) is 41.5 Å². The summed E-state index contributed by atoms with van der Waals surface area (Å²) in [6.45, 7) is 4.16. The molecule has 2 aliphatic rings. The first-order valence-corrected chi connectivity index (χ1v) is 11.7. The number of amides is 1. The topological polar surface area (TPSA) is 52.7 Å². The molecule has 168 valence electrons. The number of anilines is 2. The van der Waals surface area contributed by atoms with Crippen LogP contribution in [0.2, 0.25) is 5.02 Å². The van der Waals surface area contributed by atoms with Crippen molar-refractivity contribution in [1.82, 2.24) is 5.32 Å². The normalized spacial score (nSPS) is 18.2. The molecule has 0 saturated carbocycles. The van der Waals surface area contributed by atoms with E-state index in [1.807, 2.05) is 53.4 Å². The average Bonchev–Trinajstić information content (AvgIpc) is 2.86. The highest BCUT2D eigenvalue weighted by molar-refractivity contribution is 6.34. The number of carbonyl (C=O) groups excluding carboxylic acids is 2. The molecule has 2 aliphatic heterocycles. The van der Waals surface area contributed by atoms with Gasteiger partial charge in [-0.3, -0.25) is 9.59 Å². The molecule has 5 nitrogen and oxygen atoms in total. The van der Waals surface area contributed by atoms with Gasteiger partial charge in [0.15, 0.2) is 5.78 Å². The third-order valence-corrected chi connectivity index (χ3v) is 6.81. The number of rotatable bonds is 5. The molecule has 1 N–H and O–H groups in total. The molecule has 0 bridgehead atoms. The summed E-state index contributed by atoms with van der Waals surface area (Å²) in [5.41, 5.74) is 4.30. The van der Waals surface area contributed by atoms with E-state index in [0.29, 0.717) is 17.1 Å². The monoisotopic (exact) mass is 459 g/mol. The fourth-order valence-corrected chi connectivity index (χ4v) is 4.97. The van der Waals surface area contributed by atoms with Gasteiger partial charge < -0.3 is 15.1 Å². The van der Waals surface area contributed by atoms with E-state index in [-0.39, 0.29) is 18.1 Å². The summed E-state index contributed by atoms with van der Waals surface area (Å²) >= 11 is 6.36. The lowest BCUT2D eigenvalue weighted by atomic mass is 9.83. The van der Waals surface area contributed by atoms with Gasteiger partial charge in [-0.1, -0.05) is 54.1 Å². The molecule has 0 spiro atoms. The van der Waals surface area contributed by atoms with Crippen molar-refractivity contribution in [3.63, 3.8) is 0 Å². The van der Waals surface area contributed by atoms with E-state index in [9.17, 15) is 9.59 Å². The van der Waals surface area contributed by atoms with E-state index in [1.165, 1.54) is 0 Å². The van der Waals surface area contributed by atoms with Crippen LogP contribution < -0.4 is 15.1 Å². The van der Waals surface area contributed by atoms with Crippen molar-refractivity contribution in [3.8, 4) is 0 Å². The molecule has 1 fully saturated rings. The van der Waals surface area contributed by atoms with Crippen molar-refractivity contribution >= 4 is 34.7 Å².